The summed E-state index contributed by atoms with van der Waals surface area (Å²) >= 11 is 5.64. The Morgan fingerprint density at radius 1 is 1.50 bits per heavy atom. The first kappa shape index (κ1) is 16.9. The van der Waals surface area contributed by atoms with Gasteiger partial charge in [-0.3, -0.25) is 0 Å². The van der Waals surface area contributed by atoms with E-state index >= 15 is 0 Å². The average molecular weight is 354 g/mol. The van der Waals surface area contributed by atoms with Crippen LogP contribution in [0.1, 0.15) is 12.0 Å². The standard InChI is InChI=1S/C12H14ClF2N3O3S/c1-6-8(13)4-9(14)11(10(6)15)17-12(19)18-3-2-7(5-18)22(16,20)21/h4,7H,2-3,5H2,1H3,(H,17,19)(H2,16,20,21). The summed E-state index contributed by atoms with van der Waals surface area (Å²) < 4.78 is 50.2. The van der Waals surface area contributed by atoms with E-state index in [0.29, 0.717) is 0 Å². The van der Waals surface area contributed by atoms with Crippen LogP contribution in [0.3, 0.4) is 0 Å². The molecule has 1 aromatic rings. The number of rotatable bonds is 2. The molecule has 0 radical (unpaired) electrons. The maximum atomic E-state index is 14.0. The third-order valence-corrected chi connectivity index (χ3v) is 5.23. The van der Waals surface area contributed by atoms with Gasteiger partial charge in [-0.1, -0.05) is 11.6 Å². The SMILES string of the molecule is Cc1c(Cl)cc(F)c(NC(=O)N2CCC(S(N)(=O)=O)C2)c1F. The minimum absolute atomic E-state index is 0.00204. The molecule has 1 fully saturated rings. The molecule has 0 aliphatic carbocycles. The summed E-state index contributed by atoms with van der Waals surface area (Å²) in [7, 11) is -3.76. The van der Waals surface area contributed by atoms with Crippen LogP contribution in [0.25, 0.3) is 0 Å². The largest absolute Gasteiger partial charge is 0.323 e. The number of amides is 2. The summed E-state index contributed by atoms with van der Waals surface area (Å²) in [4.78, 5) is 13.1. The molecular formula is C12H14ClF2N3O3S. The Labute approximate surface area is 131 Å². The Hall–Kier alpha value is -1.45. The second kappa shape index (κ2) is 5.98. The quantitative estimate of drug-likeness (QED) is 0.849. The molecular weight excluding hydrogens is 340 g/mol. The molecule has 3 N–H and O–H groups in total. The van der Waals surface area contributed by atoms with Crippen molar-refractivity contribution in [3.63, 3.8) is 0 Å². The van der Waals surface area contributed by atoms with E-state index in [1.54, 1.807) is 0 Å². The Balaban J connectivity index is 2.16. The van der Waals surface area contributed by atoms with Crippen LogP contribution in [0.2, 0.25) is 5.02 Å². The van der Waals surface area contributed by atoms with Crippen LogP contribution < -0.4 is 10.5 Å². The van der Waals surface area contributed by atoms with Crippen LogP contribution in [0, 0.1) is 18.6 Å². The molecule has 2 rings (SSSR count). The van der Waals surface area contributed by atoms with Gasteiger partial charge in [-0.15, -0.1) is 0 Å². The average Bonchev–Trinajstić information content (AvgIpc) is 2.91. The minimum Gasteiger partial charge on any atom is -0.323 e. The number of anilines is 1. The van der Waals surface area contributed by atoms with Gasteiger partial charge in [0.1, 0.15) is 5.69 Å². The molecule has 1 unspecified atom stereocenters. The number of primary sulfonamides is 1. The van der Waals surface area contributed by atoms with Gasteiger partial charge < -0.3 is 10.2 Å². The molecule has 1 aromatic carbocycles. The molecule has 1 saturated heterocycles. The number of halogens is 3. The highest BCUT2D eigenvalue weighted by atomic mass is 35.5. The zero-order valence-corrected chi connectivity index (χ0v) is 13.1. The van der Waals surface area contributed by atoms with Crippen molar-refractivity contribution in [2.45, 2.75) is 18.6 Å². The molecule has 6 nitrogen and oxygen atoms in total. The van der Waals surface area contributed by atoms with Crippen molar-refractivity contribution in [2.24, 2.45) is 5.14 Å². The summed E-state index contributed by atoms with van der Waals surface area (Å²) in [5, 5.41) is 6.15. The molecule has 0 saturated carbocycles. The number of hydrogen-bond acceptors (Lipinski definition) is 3. The van der Waals surface area contributed by atoms with Crippen LogP contribution in [-0.4, -0.2) is 37.7 Å². The second-order valence-corrected chi connectivity index (χ2v) is 7.28. The lowest BCUT2D eigenvalue weighted by atomic mass is 10.2. The Morgan fingerprint density at radius 3 is 2.68 bits per heavy atom. The van der Waals surface area contributed by atoms with E-state index < -0.39 is 38.6 Å². The number of sulfonamides is 1. The first-order valence-electron chi connectivity index (χ1n) is 6.33. The van der Waals surface area contributed by atoms with Gasteiger partial charge in [0.15, 0.2) is 11.6 Å². The van der Waals surface area contributed by atoms with Crippen LogP contribution in [0.4, 0.5) is 19.3 Å². The Bertz CT molecular complexity index is 727. The van der Waals surface area contributed by atoms with Crippen LogP contribution in [-0.2, 0) is 10.0 Å². The third kappa shape index (κ3) is 3.31. The van der Waals surface area contributed by atoms with Crippen LogP contribution in [0.5, 0.6) is 0 Å². The van der Waals surface area contributed by atoms with Gasteiger partial charge in [0.05, 0.1) is 5.25 Å². The van der Waals surface area contributed by atoms with Gasteiger partial charge in [0.25, 0.3) is 0 Å². The van der Waals surface area contributed by atoms with Crippen molar-refractivity contribution >= 4 is 33.3 Å². The van der Waals surface area contributed by atoms with E-state index in [0.717, 1.165) is 11.0 Å². The summed E-state index contributed by atoms with van der Waals surface area (Å²) in [5.41, 5.74) is -0.617. The highest BCUT2D eigenvalue weighted by Gasteiger charge is 2.33. The van der Waals surface area contributed by atoms with Gasteiger partial charge >= 0.3 is 6.03 Å². The van der Waals surface area contributed by atoms with E-state index in [2.05, 4.69) is 5.32 Å². The lowest BCUT2D eigenvalue weighted by molar-refractivity contribution is 0.222. The molecule has 122 valence electrons. The van der Waals surface area contributed by atoms with Crippen molar-refractivity contribution in [1.82, 2.24) is 4.90 Å². The highest BCUT2D eigenvalue weighted by molar-refractivity contribution is 7.89. The number of nitrogens with two attached hydrogens (primary N) is 1. The van der Waals surface area contributed by atoms with E-state index in [1.807, 2.05) is 0 Å². The van der Waals surface area contributed by atoms with Gasteiger partial charge in [0.2, 0.25) is 10.0 Å². The van der Waals surface area contributed by atoms with Gasteiger partial charge in [-0.2, -0.15) is 0 Å². The van der Waals surface area contributed by atoms with Crippen molar-refractivity contribution < 1.29 is 22.0 Å². The summed E-state index contributed by atoms with van der Waals surface area (Å²) in [6.45, 7) is 1.35. The zero-order chi connectivity index (χ0) is 16.7. The maximum absolute atomic E-state index is 14.0. The number of hydrogen-bond donors (Lipinski definition) is 2. The van der Waals surface area contributed by atoms with Crippen LogP contribution in [0.15, 0.2) is 6.07 Å². The predicted octanol–water partition coefficient (Wildman–Crippen LogP) is 1.82. The Kier molecular flexibility index (Phi) is 4.59. The monoisotopic (exact) mass is 353 g/mol. The molecule has 0 bridgehead atoms. The number of urea groups is 1. The molecule has 1 aliphatic heterocycles. The van der Waals surface area contributed by atoms with Crippen molar-refractivity contribution in [2.75, 3.05) is 18.4 Å². The van der Waals surface area contributed by atoms with Crippen molar-refractivity contribution in [3.05, 3.63) is 28.3 Å². The molecule has 22 heavy (non-hydrogen) atoms. The lowest BCUT2D eigenvalue weighted by Gasteiger charge is -2.18. The lowest BCUT2D eigenvalue weighted by Crippen LogP contribution is -2.37. The molecule has 1 atom stereocenters. The van der Waals surface area contributed by atoms with Gasteiger partial charge in [-0.05, 0) is 19.4 Å². The number of nitrogens with zero attached hydrogens (tertiary/aromatic N) is 1. The zero-order valence-electron chi connectivity index (χ0n) is 11.6. The smallest absolute Gasteiger partial charge is 0.322 e. The number of nitrogens with one attached hydrogen (secondary N) is 1. The van der Waals surface area contributed by atoms with E-state index in [9.17, 15) is 22.0 Å². The molecule has 10 heteroatoms. The first-order chi connectivity index (χ1) is 10.1. The van der Waals surface area contributed by atoms with E-state index in [1.165, 1.54) is 6.92 Å². The summed E-state index contributed by atoms with van der Waals surface area (Å²) in [5.74, 6) is -1.98. The van der Waals surface area contributed by atoms with Gasteiger partial charge in [0, 0.05) is 23.7 Å². The molecule has 0 spiro atoms. The fraction of sp³-hybridized carbons (Fsp3) is 0.417. The fourth-order valence-electron chi connectivity index (χ4n) is 2.17. The van der Waals surface area contributed by atoms with Gasteiger partial charge in [-0.25, -0.2) is 27.1 Å². The topological polar surface area (TPSA) is 92.5 Å². The predicted molar refractivity (Wildman–Crippen MR) is 78.2 cm³/mol. The van der Waals surface area contributed by atoms with Crippen molar-refractivity contribution in [1.29, 1.82) is 0 Å². The van der Waals surface area contributed by atoms with Crippen LogP contribution >= 0.6 is 11.6 Å². The van der Waals surface area contributed by atoms with Crippen molar-refractivity contribution in [3.8, 4) is 0 Å². The molecule has 1 aliphatic rings. The second-order valence-electron chi connectivity index (χ2n) is 5.03. The Morgan fingerprint density at radius 2 is 2.14 bits per heavy atom. The molecule has 2 amide bonds. The highest BCUT2D eigenvalue weighted by Crippen LogP contribution is 2.28. The normalized spacial score (nSPS) is 18.6. The first-order valence-corrected chi connectivity index (χ1v) is 8.31. The number of carbonyl (C=O) groups is 1. The summed E-state index contributed by atoms with van der Waals surface area (Å²) in [6, 6.07) is 0.0952. The maximum Gasteiger partial charge on any atom is 0.322 e. The minimum atomic E-state index is -3.76. The number of carbonyl (C=O) groups excluding carboxylic acids is 1. The number of benzene rings is 1. The van der Waals surface area contributed by atoms with E-state index in [-0.39, 0.29) is 30.1 Å². The number of likely N-dealkylation sites (tertiary alicyclic amines) is 1. The molecule has 0 aromatic heterocycles. The third-order valence-electron chi connectivity index (χ3n) is 3.53. The molecule has 1 heterocycles. The van der Waals surface area contributed by atoms with E-state index in [4.69, 9.17) is 16.7 Å². The fourth-order valence-corrected chi connectivity index (χ4v) is 3.17. The summed E-state index contributed by atoms with van der Waals surface area (Å²) in [6.07, 6.45) is 0.177.